The quantitative estimate of drug-likeness (QED) is 0.586. The number of aliphatic carboxylic acids is 1. The fourth-order valence-electron chi connectivity index (χ4n) is 1.27. The van der Waals surface area contributed by atoms with Crippen molar-refractivity contribution in [3.63, 3.8) is 0 Å². The molecule has 0 heterocycles. The predicted octanol–water partition coefficient (Wildman–Crippen LogP) is 1.98. The molecule has 0 spiro atoms. The van der Waals surface area contributed by atoms with Crippen LogP contribution < -0.4 is 0 Å². The van der Waals surface area contributed by atoms with Crippen molar-refractivity contribution in [1.29, 1.82) is 0 Å². The van der Waals surface area contributed by atoms with Crippen LogP contribution in [0.25, 0.3) is 0 Å². The van der Waals surface area contributed by atoms with E-state index in [-0.39, 0.29) is 0 Å². The van der Waals surface area contributed by atoms with Crippen LogP contribution in [0.15, 0.2) is 25.3 Å². The van der Waals surface area contributed by atoms with Crippen LogP contribution in [0.2, 0.25) is 0 Å². The van der Waals surface area contributed by atoms with E-state index in [1.807, 2.05) is 0 Å². The number of hydrogen-bond donors (Lipinski definition) is 2. The van der Waals surface area contributed by atoms with Gasteiger partial charge in [-0.15, -0.1) is 13.2 Å². The summed E-state index contributed by atoms with van der Waals surface area (Å²) in [5, 5.41) is 18.4. The summed E-state index contributed by atoms with van der Waals surface area (Å²) in [6, 6.07) is 0. The van der Waals surface area contributed by atoms with Crippen LogP contribution in [0.3, 0.4) is 0 Å². The molecule has 0 aromatic rings. The molecule has 0 bridgehead atoms. The minimum Gasteiger partial charge on any atom is -0.481 e. The second-order valence-corrected chi connectivity index (χ2v) is 3.24. The molecule has 2 N–H and O–H groups in total. The normalized spacial score (nSPS) is 14.4. The first-order valence-corrected chi connectivity index (χ1v) is 4.76. The van der Waals surface area contributed by atoms with Crippen molar-refractivity contribution >= 4 is 5.97 Å². The zero-order chi connectivity index (χ0) is 11.0. The number of aliphatic hydroxyl groups excluding tert-OH is 1. The maximum atomic E-state index is 10.8. The van der Waals surface area contributed by atoms with E-state index in [1.165, 1.54) is 0 Å². The Hall–Kier alpha value is -1.09. The number of aliphatic hydroxyl groups is 1. The summed E-state index contributed by atoms with van der Waals surface area (Å²) < 4.78 is 0. The summed E-state index contributed by atoms with van der Waals surface area (Å²) in [6.07, 6.45) is 4.70. The highest BCUT2D eigenvalue weighted by atomic mass is 16.4. The van der Waals surface area contributed by atoms with Gasteiger partial charge in [0.2, 0.25) is 0 Å². The molecule has 0 aliphatic heterocycles. The van der Waals surface area contributed by atoms with Crippen molar-refractivity contribution in [1.82, 2.24) is 0 Å². The number of hydrogen-bond acceptors (Lipinski definition) is 2. The van der Waals surface area contributed by atoms with E-state index >= 15 is 0 Å². The molecule has 0 aromatic carbocycles. The number of allylic oxidation sites excluding steroid dienone is 2. The molecule has 0 radical (unpaired) electrons. The van der Waals surface area contributed by atoms with Gasteiger partial charge in [-0.05, 0) is 25.7 Å². The molecular formula is C11H18O3. The summed E-state index contributed by atoms with van der Waals surface area (Å²) in [5.74, 6) is -1.63. The lowest BCUT2D eigenvalue weighted by Gasteiger charge is -2.17. The fourth-order valence-corrected chi connectivity index (χ4v) is 1.27. The van der Waals surface area contributed by atoms with Crippen molar-refractivity contribution in [2.45, 2.75) is 31.8 Å². The second kappa shape index (κ2) is 7.33. The summed E-state index contributed by atoms with van der Waals surface area (Å²) >= 11 is 0. The highest BCUT2D eigenvalue weighted by molar-refractivity contribution is 5.70. The van der Waals surface area contributed by atoms with E-state index in [0.717, 1.165) is 0 Å². The highest BCUT2D eigenvalue weighted by Gasteiger charge is 2.24. The van der Waals surface area contributed by atoms with E-state index in [9.17, 15) is 9.90 Å². The lowest BCUT2D eigenvalue weighted by Crippen LogP contribution is -2.27. The molecule has 0 amide bonds. The van der Waals surface area contributed by atoms with Gasteiger partial charge in [0.15, 0.2) is 0 Å². The van der Waals surface area contributed by atoms with Gasteiger partial charge in [-0.1, -0.05) is 12.2 Å². The summed E-state index contributed by atoms with van der Waals surface area (Å²) in [7, 11) is 0. The second-order valence-electron chi connectivity index (χ2n) is 3.24. The van der Waals surface area contributed by atoms with Crippen LogP contribution in [0.1, 0.15) is 25.7 Å². The van der Waals surface area contributed by atoms with Crippen molar-refractivity contribution in [2.75, 3.05) is 0 Å². The fraction of sp³-hybridized carbons (Fsp3) is 0.545. The van der Waals surface area contributed by atoms with Crippen LogP contribution in [0.4, 0.5) is 0 Å². The first-order valence-electron chi connectivity index (χ1n) is 4.76. The van der Waals surface area contributed by atoms with Crippen molar-refractivity contribution in [3.05, 3.63) is 25.3 Å². The zero-order valence-corrected chi connectivity index (χ0v) is 8.35. The molecule has 0 aliphatic rings. The van der Waals surface area contributed by atoms with E-state index in [2.05, 4.69) is 13.2 Å². The molecule has 0 aliphatic carbocycles. The zero-order valence-electron chi connectivity index (χ0n) is 8.35. The van der Waals surface area contributed by atoms with Crippen molar-refractivity contribution < 1.29 is 15.0 Å². The molecule has 0 saturated carbocycles. The van der Waals surface area contributed by atoms with Gasteiger partial charge in [0.05, 0.1) is 12.0 Å². The molecule has 0 aromatic heterocycles. The third-order valence-electron chi connectivity index (χ3n) is 2.13. The Kier molecular flexibility index (Phi) is 6.76. The van der Waals surface area contributed by atoms with E-state index < -0.39 is 18.0 Å². The molecule has 80 valence electrons. The third kappa shape index (κ3) is 4.82. The monoisotopic (exact) mass is 198 g/mol. The van der Waals surface area contributed by atoms with Gasteiger partial charge in [0.25, 0.3) is 0 Å². The summed E-state index contributed by atoms with van der Waals surface area (Å²) in [5.41, 5.74) is 0. The van der Waals surface area contributed by atoms with Crippen LogP contribution in [0.5, 0.6) is 0 Å². The Morgan fingerprint density at radius 1 is 1.21 bits per heavy atom. The molecule has 3 heteroatoms. The topological polar surface area (TPSA) is 57.5 Å². The Labute approximate surface area is 84.8 Å². The number of carboxylic acids is 1. The van der Waals surface area contributed by atoms with Crippen molar-refractivity contribution in [2.24, 2.45) is 5.92 Å². The van der Waals surface area contributed by atoms with Crippen molar-refractivity contribution in [3.8, 4) is 0 Å². The average Bonchev–Trinajstić information content (AvgIpc) is 2.14. The highest BCUT2D eigenvalue weighted by Crippen LogP contribution is 2.16. The molecule has 0 unspecified atom stereocenters. The smallest absolute Gasteiger partial charge is 0.309 e. The maximum absolute atomic E-state index is 10.8. The van der Waals surface area contributed by atoms with Gasteiger partial charge in [-0.2, -0.15) is 0 Å². The maximum Gasteiger partial charge on any atom is 0.309 e. The Morgan fingerprint density at radius 2 is 1.71 bits per heavy atom. The van der Waals surface area contributed by atoms with Gasteiger partial charge in [-0.3, -0.25) is 4.79 Å². The summed E-state index contributed by atoms with van der Waals surface area (Å²) in [4.78, 5) is 10.8. The SMILES string of the molecule is C=CCC[C@@H](O)[C@@H](CCC=C)C(=O)O. The molecule has 14 heavy (non-hydrogen) atoms. The van der Waals surface area contributed by atoms with Gasteiger partial charge in [-0.25, -0.2) is 0 Å². The summed E-state index contributed by atoms with van der Waals surface area (Å²) in [6.45, 7) is 7.05. The first-order chi connectivity index (χ1) is 6.63. The molecule has 0 fully saturated rings. The van der Waals surface area contributed by atoms with Gasteiger partial charge >= 0.3 is 5.97 Å². The lowest BCUT2D eigenvalue weighted by atomic mass is 9.94. The largest absolute Gasteiger partial charge is 0.481 e. The van der Waals surface area contributed by atoms with Crippen LogP contribution in [-0.2, 0) is 4.79 Å². The average molecular weight is 198 g/mol. The minimum atomic E-state index is -0.941. The first kappa shape index (κ1) is 12.9. The molecule has 0 rings (SSSR count). The Bertz CT molecular complexity index is 199. The van der Waals surface area contributed by atoms with Crippen LogP contribution in [0, 0.1) is 5.92 Å². The minimum absolute atomic E-state index is 0.442. The van der Waals surface area contributed by atoms with Crippen LogP contribution >= 0.6 is 0 Å². The predicted molar refractivity (Wildman–Crippen MR) is 56.0 cm³/mol. The standard InChI is InChI=1S/C11H18O3/c1-3-5-7-9(11(13)14)10(12)8-6-4-2/h3-4,9-10,12H,1-2,5-8H2,(H,13,14)/t9-,10-/m1/s1. The molecule has 3 nitrogen and oxygen atoms in total. The van der Waals surface area contributed by atoms with E-state index in [0.29, 0.717) is 25.7 Å². The molecule has 2 atom stereocenters. The van der Waals surface area contributed by atoms with Gasteiger partial charge in [0.1, 0.15) is 0 Å². The van der Waals surface area contributed by atoms with E-state index in [4.69, 9.17) is 5.11 Å². The third-order valence-corrected chi connectivity index (χ3v) is 2.13. The molecular weight excluding hydrogens is 180 g/mol. The Morgan fingerprint density at radius 3 is 2.14 bits per heavy atom. The molecule has 0 saturated heterocycles. The number of carboxylic acid groups (broad SMARTS) is 1. The lowest BCUT2D eigenvalue weighted by molar-refractivity contribution is -0.146. The number of carbonyl (C=O) groups is 1. The van der Waals surface area contributed by atoms with Gasteiger partial charge in [0, 0.05) is 0 Å². The van der Waals surface area contributed by atoms with Gasteiger partial charge < -0.3 is 10.2 Å². The van der Waals surface area contributed by atoms with Crippen LogP contribution in [-0.4, -0.2) is 22.3 Å². The van der Waals surface area contributed by atoms with E-state index in [1.54, 1.807) is 12.2 Å². The Balaban J connectivity index is 4.09. The number of rotatable bonds is 8.